The topological polar surface area (TPSA) is 161 Å². The lowest BCUT2D eigenvalue weighted by Gasteiger charge is -2.36. The van der Waals surface area contributed by atoms with E-state index in [9.17, 15) is 24.0 Å². The van der Waals surface area contributed by atoms with Crippen molar-refractivity contribution in [2.45, 2.75) is 84.0 Å². The van der Waals surface area contributed by atoms with E-state index in [0.29, 0.717) is 0 Å². The molecule has 0 radical (unpaired) electrons. The van der Waals surface area contributed by atoms with Crippen LogP contribution in [0.15, 0.2) is 121 Å². The smallest absolute Gasteiger partial charge is 0.408 e. The number of hydrogen-bond acceptors (Lipinski definition) is 8. The molecule has 58 heavy (non-hydrogen) atoms. The molecule has 0 fully saturated rings. The van der Waals surface area contributed by atoms with Gasteiger partial charge in [-0.05, 0) is 46.9 Å². The third-order valence-corrected chi connectivity index (χ3v) is 9.75. The van der Waals surface area contributed by atoms with E-state index < -0.39 is 60.2 Å². The number of carbonyl (C=O) groups excluding carboxylic acids is 5. The molecule has 4 aromatic rings. The molecule has 4 rings (SSSR count). The van der Waals surface area contributed by atoms with Gasteiger partial charge in [0.2, 0.25) is 11.8 Å². The Morgan fingerprint density at radius 2 is 0.828 bits per heavy atom. The second-order valence-corrected chi connectivity index (χ2v) is 15.1. The Balaban J connectivity index is 1.65. The van der Waals surface area contributed by atoms with Crippen LogP contribution in [-0.4, -0.2) is 65.6 Å². The van der Waals surface area contributed by atoms with Crippen molar-refractivity contribution >= 4 is 45.9 Å². The number of carbonyl (C=O) groups is 5. The average molecular weight is 858 g/mol. The van der Waals surface area contributed by atoms with Crippen molar-refractivity contribution < 1.29 is 38.2 Å². The fourth-order valence-corrected chi connectivity index (χ4v) is 6.39. The zero-order valence-corrected chi connectivity index (χ0v) is 34.9. The first-order chi connectivity index (χ1) is 27.9. The molecule has 4 N–H and O–H groups in total. The Hall–Kier alpha value is -5.69. The lowest BCUT2D eigenvalue weighted by molar-refractivity contribution is -0.151. The number of alkyl halides is 1. The summed E-state index contributed by atoms with van der Waals surface area (Å²) in [7, 11) is 0. The van der Waals surface area contributed by atoms with E-state index >= 15 is 0 Å². The molecular formula is C45H53BrN4O8. The summed E-state index contributed by atoms with van der Waals surface area (Å²) in [6.45, 7) is 7.19. The summed E-state index contributed by atoms with van der Waals surface area (Å²) in [6, 6.07) is 33.1. The Morgan fingerprint density at radius 1 is 0.500 bits per heavy atom. The highest BCUT2D eigenvalue weighted by molar-refractivity contribution is 9.09. The maximum absolute atomic E-state index is 14.3. The standard InChI is InChI=1S/C45H53BrN4O8/c1-30(2)39(49-44(54)56-28-34-21-13-7-14-22-34)42(52)47-36(25-32-17-9-5-10-18-32)41(58-38(51)27-46)37(26-33-19-11-6-12-20-33)48-43(53)40(31(3)4)50-45(55)57-29-35-23-15-8-16-24-35/h5-24,30-31,36-37,39-41H,25-29H2,1-4H3,(H,47,52)(H,48,53)(H,49,54)(H,50,55)/t36?,37?,39-,40-,41?/m0/s1. The Kier molecular flexibility index (Phi) is 18.3. The van der Waals surface area contributed by atoms with Crippen LogP contribution in [0.1, 0.15) is 49.9 Å². The van der Waals surface area contributed by atoms with Crippen molar-refractivity contribution in [2.24, 2.45) is 11.8 Å². The fraction of sp³-hybridized carbons (Fsp3) is 0.356. The summed E-state index contributed by atoms with van der Waals surface area (Å²) < 4.78 is 17.0. The van der Waals surface area contributed by atoms with Gasteiger partial charge in [-0.2, -0.15) is 0 Å². The lowest BCUT2D eigenvalue weighted by atomic mass is 9.90. The van der Waals surface area contributed by atoms with Gasteiger partial charge in [-0.15, -0.1) is 0 Å². The molecule has 308 valence electrons. The summed E-state index contributed by atoms with van der Waals surface area (Å²) >= 11 is 3.21. The second-order valence-electron chi connectivity index (χ2n) is 14.6. The third kappa shape index (κ3) is 15.0. The van der Waals surface area contributed by atoms with E-state index in [0.717, 1.165) is 22.3 Å². The summed E-state index contributed by atoms with van der Waals surface area (Å²) in [6.07, 6.45) is -2.32. The van der Waals surface area contributed by atoms with Crippen molar-refractivity contribution in [3.05, 3.63) is 144 Å². The van der Waals surface area contributed by atoms with E-state index in [1.807, 2.05) is 121 Å². The van der Waals surface area contributed by atoms with Crippen LogP contribution < -0.4 is 21.3 Å². The number of amides is 4. The maximum Gasteiger partial charge on any atom is 0.408 e. The SMILES string of the molecule is CC(C)[C@H](NC(=O)OCc1ccccc1)C(=O)NC(Cc1ccccc1)C(OC(=O)CBr)C(Cc1ccccc1)NC(=O)[C@@H](NC(=O)OCc1ccccc1)C(C)C. The highest BCUT2D eigenvalue weighted by atomic mass is 79.9. The normalized spacial score (nSPS) is 13.6. The molecule has 0 aliphatic heterocycles. The first-order valence-corrected chi connectivity index (χ1v) is 20.4. The first-order valence-electron chi connectivity index (χ1n) is 19.3. The van der Waals surface area contributed by atoms with Gasteiger partial charge < -0.3 is 35.5 Å². The van der Waals surface area contributed by atoms with Gasteiger partial charge in [0.05, 0.1) is 12.1 Å². The monoisotopic (exact) mass is 856 g/mol. The number of rotatable bonds is 20. The van der Waals surface area contributed by atoms with Crippen molar-refractivity contribution in [1.82, 2.24) is 21.3 Å². The molecule has 0 bridgehead atoms. The molecule has 0 aliphatic carbocycles. The Labute approximate surface area is 348 Å². The first kappa shape index (κ1) is 45.0. The Bertz CT molecular complexity index is 1760. The minimum absolute atomic E-state index is 0.0121. The average Bonchev–Trinajstić information content (AvgIpc) is 3.23. The van der Waals surface area contributed by atoms with Crippen LogP contribution in [0.25, 0.3) is 0 Å². The number of esters is 1. The molecule has 13 heteroatoms. The molecule has 0 aromatic heterocycles. The zero-order valence-electron chi connectivity index (χ0n) is 33.3. The van der Waals surface area contributed by atoms with Crippen LogP contribution in [0.2, 0.25) is 0 Å². The van der Waals surface area contributed by atoms with Crippen LogP contribution in [-0.2, 0) is 54.6 Å². The van der Waals surface area contributed by atoms with Crippen LogP contribution in [0.5, 0.6) is 0 Å². The fourth-order valence-electron chi connectivity index (χ4n) is 6.26. The third-order valence-electron chi connectivity index (χ3n) is 9.29. The molecule has 2 unspecified atom stereocenters. The van der Waals surface area contributed by atoms with Gasteiger partial charge in [-0.25, -0.2) is 9.59 Å². The van der Waals surface area contributed by atoms with Gasteiger partial charge >= 0.3 is 18.2 Å². The largest absolute Gasteiger partial charge is 0.457 e. The highest BCUT2D eigenvalue weighted by Gasteiger charge is 2.39. The van der Waals surface area contributed by atoms with Gasteiger partial charge in [-0.1, -0.05) is 165 Å². The van der Waals surface area contributed by atoms with Crippen LogP contribution in [0, 0.1) is 11.8 Å². The van der Waals surface area contributed by atoms with E-state index in [1.54, 1.807) is 27.7 Å². The second kappa shape index (κ2) is 23.5. The molecule has 0 spiro atoms. The number of hydrogen-bond donors (Lipinski definition) is 4. The van der Waals surface area contributed by atoms with Crippen molar-refractivity contribution in [2.75, 3.05) is 5.33 Å². The number of benzene rings is 4. The summed E-state index contributed by atoms with van der Waals surface area (Å²) in [4.78, 5) is 67.7. The number of ether oxygens (including phenoxy) is 3. The number of halogens is 1. The van der Waals surface area contributed by atoms with Gasteiger partial charge in [0.15, 0.2) is 0 Å². The van der Waals surface area contributed by atoms with Gasteiger partial charge in [0.25, 0.3) is 0 Å². The van der Waals surface area contributed by atoms with Crippen LogP contribution in [0.3, 0.4) is 0 Å². The molecule has 12 nitrogen and oxygen atoms in total. The van der Waals surface area contributed by atoms with Crippen molar-refractivity contribution in [3.63, 3.8) is 0 Å². The quantitative estimate of drug-likeness (QED) is 0.0437. The van der Waals surface area contributed by atoms with Crippen LogP contribution in [0.4, 0.5) is 9.59 Å². The molecule has 0 saturated carbocycles. The lowest BCUT2D eigenvalue weighted by Crippen LogP contribution is -2.62. The number of alkyl carbamates (subject to hydrolysis) is 2. The van der Waals surface area contributed by atoms with E-state index in [-0.39, 0.29) is 43.2 Å². The van der Waals surface area contributed by atoms with Gasteiger partial charge in [-0.3, -0.25) is 14.4 Å². The molecule has 4 aromatic carbocycles. The van der Waals surface area contributed by atoms with Crippen LogP contribution >= 0.6 is 15.9 Å². The van der Waals surface area contributed by atoms with Crippen molar-refractivity contribution in [1.29, 1.82) is 0 Å². The predicted octanol–water partition coefficient (Wildman–Crippen LogP) is 6.65. The molecule has 4 amide bonds. The van der Waals surface area contributed by atoms with Gasteiger partial charge in [0.1, 0.15) is 36.7 Å². The molecule has 0 saturated heterocycles. The highest BCUT2D eigenvalue weighted by Crippen LogP contribution is 2.19. The molecule has 0 aliphatic rings. The molecular weight excluding hydrogens is 804 g/mol. The number of nitrogens with one attached hydrogen (secondary N) is 4. The van der Waals surface area contributed by atoms with Gasteiger partial charge in [0, 0.05) is 0 Å². The molecule has 0 heterocycles. The van der Waals surface area contributed by atoms with E-state index in [4.69, 9.17) is 14.2 Å². The minimum atomic E-state index is -1.14. The summed E-state index contributed by atoms with van der Waals surface area (Å²) in [5, 5.41) is 11.4. The summed E-state index contributed by atoms with van der Waals surface area (Å²) in [5.41, 5.74) is 3.20. The Morgan fingerprint density at radius 3 is 1.14 bits per heavy atom. The maximum atomic E-state index is 14.3. The molecule has 4 atom stereocenters. The summed E-state index contributed by atoms with van der Waals surface area (Å²) in [5.74, 6) is -2.45. The van der Waals surface area contributed by atoms with Crippen molar-refractivity contribution in [3.8, 4) is 0 Å². The minimum Gasteiger partial charge on any atom is -0.457 e. The zero-order chi connectivity index (χ0) is 41.9. The van der Waals surface area contributed by atoms with E-state index in [2.05, 4.69) is 37.2 Å². The van der Waals surface area contributed by atoms with E-state index in [1.165, 1.54) is 0 Å². The predicted molar refractivity (Wildman–Crippen MR) is 225 cm³/mol.